The molecular formula is C23H42O4. The molecule has 0 amide bonds. The number of aliphatic hydroxyl groups excluding tert-OH is 3. The maximum Gasteiger partial charge on any atom is 0.0666 e. The Balaban J connectivity index is 2.51. The molecule has 0 heterocycles. The van der Waals surface area contributed by atoms with E-state index in [0.29, 0.717) is 6.61 Å². The SMILES string of the molecule is CCCO[C@H]1C[C@@H](O)C(CC=CCCCCO)[C@@H]1C=CCCCCCCO. The van der Waals surface area contributed by atoms with Gasteiger partial charge < -0.3 is 20.1 Å². The van der Waals surface area contributed by atoms with Crippen LogP contribution in [0.2, 0.25) is 0 Å². The van der Waals surface area contributed by atoms with Crippen LogP contribution in [-0.4, -0.2) is 47.3 Å². The first-order chi connectivity index (χ1) is 13.2. The highest BCUT2D eigenvalue weighted by atomic mass is 16.5. The van der Waals surface area contributed by atoms with Crippen LogP contribution in [0.5, 0.6) is 0 Å². The van der Waals surface area contributed by atoms with Gasteiger partial charge in [0, 0.05) is 32.2 Å². The first-order valence-corrected chi connectivity index (χ1v) is 11.1. The molecule has 1 unspecified atom stereocenters. The Morgan fingerprint density at radius 2 is 1.56 bits per heavy atom. The third kappa shape index (κ3) is 10.4. The molecule has 4 atom stereocenters. The molecule has 0 aliphatic heterocycles. The number of hydrogen-bond donors (Lipinski definition) is 3. The molecule has 0 radical (unpaired) electrons. The summed E-state index contributed by atoms with van der Waals surface area (Å²) >= 11 is 0. The third-order valence-electron chi connectivity index (χ3n) is 5.42. The fourth-order valence-electron chi connectivity index (χ4n) is 3.86. The lowest BCUT2D eigenvalue weighted by atomic mass is 9.89. The lowest BCUT2D eigenvalue weighted by molar-refractivity contribution is 0.0319. The molecule has 0 bridgehead atoms. The lowest BCUT2D eigenvalue weighted by Gasteiger charge is -2.22. The zero-order valence-corrected chi connectivity index (χ0v) is 17.3. The second-order valence-electron chi connectivity index (χ2n) is 7.73. The minimum atomic E-state index is -0.298. The van der Waals surface area contributed by atoms with Crippen molar-refractivity contribution < 1.29 is 20.1 Å². The standard InChI is InChI=1S/C23H42O4/c1-2-18-27-23-19-22(26)20(14-10-7-5-9-13-17-25)21(23)15-11-6-3-4-8-12-16-24/h7,10-11,15,20-26H,2-6,8-9,12-14,16-19H2,1H3/t20?,21-,22+,23-/m0/s1. The van der Waals surface area contributed by atoms with Crippen LogP contribution in [0.15, 0.2) is 24.3 Å². The van der Waals surface area contributed by atoms with Gasteiger partial charge in [0.25, 0.3) is 0 Å². The molecule has 3 N–H and O–H groups in total. The molecular weight excluding hydrogens is 340 g/mol. The molecule has 27 heavy (non-hydrogen) atoms. The molecule has 4 nitrogen and oxygen atoms in total. The molecule has 4 heteroatoms. The molecule has 0 aromatic heterocycles. The highest BCUT2D eigenvalue weighted by Gasteiger charge is 2.40. The maximum atomic E-state index is 10.6. The minimum Gasteiger partial charge on any atom is -0.396 e. The van der Waals surface area contributed by atoms with E-state index < -0.39 is 0 Å². The van der Waals surface area contributed by atoms with E-state index in [2.05, 4.69) is 31.2 Å². The number of aliphatic hydroxyl groups is 3. The van der Waals surface area contributed by atoms with Crippen molar-refractivity contribution in [3.8, 4) is 0 Å². The van der Waals surface area contributed by atoms with Gasteiger partial charge in [0.2, 0.25) is 0 Å². The summed E-state index contributed by atoms with van der Waals surface area (Å²) in [6.45, 7) is 3.43. The predicted molar refractivity (Wildman–Crippen MR) is 112 cm³/mol. The van der Waals surface area contributed by atoms with Crippen LogP contribution < -0.4 is 0 Å². The highest BCUT2D eigenvalue weighted by Crippen LogP contribution is 2.38. The smallest absolute Gasteiger partial charge is 0.0666 e. The summed E-state index contributed by atoms with van der Waals surface area (Å²) in [4.78, 5) is 0. The number of rotatable bonds is 16. The van der Waals surface area contributed by atoms with Gasteiger partial charge in [-0.15, -0.1) is 0 Å². The summed E-state index contributed by atoms with van der Waals surface area (Å²) in [5, 5.41) is 28.2. The van der Waals surface area contributed by atoms with Crippen molar-refractivity contribution in [2.24, 2.45) is 11.8 Å². The van der Waals surface area contributed by atoms with Gasteiger partial charge in [-0.25, -0.2) is 0 Å². The fraction of sp³-hybridized carbons (Fsp3) is 0.826. The average molecular weight is 383 g/mol. The summed E-state index contributed by atoms with van der Waals surface area (Å²) in [6, 6.07) is 0. The van der Waals surface area contributed by atoms with E-state index in [9.17, 15) is 5.11 Å². The second-order valence-corrected chi connectivity index (χ2v) is 7.73. The van der Waals surface area contributed by atoms with Gasteiger partial charge in [-0.2, -0.15) is 0 Å². The van der Waals surface area contributed by atoms with Crippen molar-refractivity contribution in [1.82, 2.24) is 0 Å². The van der Waals surface area contributed by atoms with E-state index in [0.717, 1.165) is 77.2 Å². The van der Waals surface area contributed by atoms with Gasteiger partial charge >= 0.3 is 0 Å². The van der Waals surface area contributed by atoms with Gasteiger partial charge in [0.15, 0.2) is 0 Å². The van der Waals surface area contributed by atoms with E-state index in [4.69, 9.17) is 14.9 Å². The van der Waals surface area contributed by atoms with Crippen LogP contribution in [0.3, 0.4) is 0 Å². The van der Waals surface area contributed by atoms with Crippen molar-refractivity contribution in [3.63, 3.8) is 0 Å². The molecule has 1 rings (SSSR count). The number of hydrogen-bond acceptors (Lipinski definition) is 4. The lowest BCUT2D eigenvalue weighted by Crippen LogP contribution is -2.22. The zero-order valence-electron chi connectivity index (χ0n) is 17.3. The van der Waals surface area contributed by atoms with E-state index >= 15 is 0 Å². The van der Waals surface area contributed by atoms with Gasteiger partial charge in [0.05, 0.1) is 12.2 Å². The number of unbranched alkanes of at least 4 members (excludes halogenated alkanes) is 6. The maximum absolute atomic E-state index is 10.6. The Hall–Kier alpha value is -0.680. The molecule has 158 valence electrons. The zero-order chi connectivity index (χ0) is 19.7. The van der Waals surface area contributed by atoms with Gasteiger partial charge in [-0.3, -0.25) is 0 Å². The van der Waals surface area contributed by atoms with Crippen molar-refractivity contribution in [2.75, 3.05) is 19.8 Å². The average Bonchev–Trinajstić information content (AvgIpc) is 2.97. The van der Waals surface area contributed by atoms with Crippen molar-refractivity contribution in [1.29, 1.82) is 0 Å². The van der Waals surface area contributed by atoms with Crippen LogP contribution in [0.25, 0.3) is 0 Å². The van der Waals surface area contributed by atoms with Gasteiger partial charge in [-0.1, -0.05) is 44.1 Å². The molecule has 1 aliphatic rings. The molecule has 1 aliphatic carbocycles. The Morgan fingerprint density at radius 1 is 0.889 bits per heavy atom. The van der Waals surface area contributed by atoms with E-state index in [1.165, 1.54) is 0 Å². The van der Waals surface area contributed by atoms with Crippen LogP contribution in [0.4, 0.5) is 0 Å². The quantitative estimate of drug-likeness (QED) is 0.274. The van der Waals surface area contributed by atoms with Crippen molar-refractivity contribution in [3.05, 3.63) is 24.3 Å². The monoisotopic (exact) mass is 382 g/mol. The fourth-order valence-corrected chi connectivity index (χ4v) is 3.86. The Morgan fingerprint density at radius 3 is 2.30 bits per heavy atom. The minimum absolute atomic E-state index is 0.123. The van der Waals surface area contributed by atoms with Crippen LogP contribution in [-0.2, 0) is 4.74 Å². The summed E-state index contributed by atoms with van der Waals surface area (Å²) in [5.41, 5.74) is 0. The van der Waals surface area contributed by atoms with Crippen LogP contribution in [0, 0.1) is 11.8 Å². The predicted octanol–water partition coefficient (Wildman–Crippen LogP) is 4.39. The largest absolute Gasteiger partial charge is 0.396 e. The van der Waals surface area contributed by atoms with Crippen LogP contribution in [0.1, 0.15) is 77.6 Å². The number of allylic oxidation sites excluding steroid dienone is 3. The summed E-state index contributed by atoms with van der Waals surface area (Å²) in [5.74, 6) is 0.512. The van der Waals surface area contributed by atoms with E-state index in [-0.39, 0.29) is 30.7 Å². The normalized spacial score (nSPS) is 25.9. The molecule has 0 spiro atoms. The molecule has 1 fully saturated rings. The summed E-state index contributed by atoms with van der Waals surface area (Å²) < 4.78 is 6.04. The second kappa shape index (κ2) is 16.3. The first-order valence-electron chi connectivity index (χ1n) is 11.1. The number of ether oxygens (including phenoxy) is 1. The van der Waals surface area contributed by atoms with Gasteiger partial charge in [-0.05, 0) is 57.3 Å². The molecule has 0 aromatic rings. The summed E-state index contributed by atoms with van der Waals surface area (Å²) in [6.07, 6.45) is 19.6. The Kier molecular flexibility index (Phi) is 14.7. The summed E-state index contributed by atoms with van der Waals surface area (Å²) in [7, 11) is 0. The van der Waals surface area contributed by atoms with Crippen LogP contribution >= 0.6 is 0 Å². The molecule has 0 saturated heterocycles. The highest BCUT2D eigenvalue weighted by molar-refractivity contribution is 5.05. The van der Waals surface area contributed by atoms with E-state index in [1.807, 2.05) is 0 Å². The third-order valence-corrected chi connectivity index (χ3v) is 5.42. The first kappa shape index (κ1) is 24.4. The van der Waals surface area contributed by atoms with Crippen molar-refractivity contribution in [2.45, 2.75) is 89.8 Å². The molecule has 0 aromatic carbocycles. The molecule has 1 saturated carbocycles. The topological polar surface area (TPSA) is 69.9 Å². The van der Waals surface area contributed by atoms with E-state index in [1.54, 1.807) is 0 Å². The Bertz CT molecular complexity index is 394. The van der Waals surface area contributed by atoms with Crippen molar-refractivity contribution >= 4 is 0 Å². The van der Waals surface area contributed by atoms with Gasteiger partial charge in [0.1, 0.15) is 0 Å². The Labute approximate surface area is 166 Å².